The van der Waals surface area contributed by atoms with E-state index in [1.54, 1.807) is 11.1 Å². The van der Waals surface area contributed by atoms with Gasteiger partial charge in [0.05, 0.1) is 11.6 Å². The van der Waals surface area contributed by atoms with Gasteiger partial charge in [0.1, 0.15) is 0 Å². The number of amides is 2. The number of aromatic amines is 1. The van der Waals surface area contributed by atoms with Crippen LogP contribution in [0.25, 0.3) is 11.3 Å². The van der Waals surface area contributed by atoms with Crippen molar-refractivity contribution in [1.82, 2.24) is 10.2 Å². The van der Waals surface area contributed by atoms with Crippen molar-refractivity contribution in [3.8, 4) is 11.3 Å². The van der Waals surface area contributed by atoms with Crippen molar-refractivity contribution < 1.29 is 9.59 Å². The summed E-state index contributed by atoms with van der Waals surface area (Å²) < 4.78 is 0. The molecule has 0 saturated carbocycles. The Kier molecular flexibility index (Phi) is 4.69. The number of rotatable bonds is 4. The van der Waals surface area contributed by atoms with E-state index >= 15 is 0 Å². The Morgan fingerprint density at radius 1 is 1.14 bits per heavy atom. The molecule has 2 heterocycles. The number of anilines is 2. The molecular weight excluding hydrogens is 352 g/mol. The predicted molar refractivity (Wildman–Crippen MR) is 109 cm³/mol. The number of carbonyl (C=O) groups is 2. The van der Waals surface area contributed by atoms with Gasteiger partial charge in [-0.1, -0.05) is 18.2 Å². The number of carbonyl (C=O) groups excluding carboxylic acids is 2. The van der Waals surface area contributed by atoms with E-state index in [0.717, 1.165) is 22.5 Å². The standard InChI is InChI=1S/C22H22N4O2/c1-14-6-7-19(10-15(14)2)26-13-17(12-21(26)27)22(28)24-18-5-3-4-16(11-18)20-8-9-23-25-20/h3-11,17H,12-13H2,1-2H3,(H,23,25)(H,24,28). The van der Waals surface area contributed by atoms with Crippen molar-refractivity contribution in [2.24, 2.45) is 5.92 Å². The molecule has 1 atom stereocenters. The summed E-state index contributed by atoms with van der Waals surface area (Å²) in [5.41, 5.74) is 5.69. The molecule has 1 fully saturated rings. The van der Waals surface area contributed by atoms with Crippen molar-refractivity contribution in [2.45, 2.75) is 20.3 Å². The Hall–Kier alpha value is -3.41. The van der Waals surface area contributed by atoms with Gasteiger partial charge in [-0.15, -0.1) is 0 Å². The van der Waals surface area contributed by atoms with Gasteiger partial charge in [0, 0.05) is 36.1 Å². The van der Waals surface area contributed by atoms with Crippen molar-refractivity contribution in [2.75, 3.05) is 16.8 Å². The molecule has 2 amide bonds. The Bertz CT molecular complexity index is 1030. The zero-order chi connectivity index (χ0) is 19.7. The summed E-state index contributed by atoms with van der Waals surface area (Å²) in [5, 5.41) is 9.81. The summed E-state index contributed by atoms with van der Waals surface area (Å²) in [6.45, 7) is 4.46. The van der Waals surface area contributed by atoms with Crippen LogP contribution in [-0.2, 0) is 9.59 Å². The summed E-state index contributed by atoms with van der Waals surface area (Å²) in [6.07, 6.45) is 1.91. The molecular formula is C22H22N4O2. The van der Waals surface area contributed by atoms with Gasteiger partial charge in [-0.2, -0.15) is 5.10 Å². The topological polar surface area (TPSA) is 78.1 Å². The van der Waals surface area contributed by atoms with Crippen LogP contribution in [0.2, 0.25) is 0 Å². The van der Waals surface area contributed by atoms with Crippen LogP contribution in [0.4, 0.5) is 11.4 Å². The highest BCUT2D eigenvalue weighted by molar-refractivity contribution is 6.03. The van der Waals surface area contributed by atoms with Gasteiger partial charge in [-0.25, -0.2) is 0 Å². The molecule has 1 aliphatic heterocycles. The van der Waals surface area contributed by atoms with Crippen LogP contribution < -0.4 is 10.2 Å². The van der Waals surface area contributed by atoms with Gasteiger partial charge < -0.3 is 10.2 Å². The molecule has 1 aliphatic rings. The fraction of sp³-hybridized carbons (Fsp3) is 0.227. The first-order chi connectivity index (χ1) is 13.5. The van der Waals surface area contributed by atoms with Crippen LogP contribution >= 0.6 is 0 Å². The molecule has 6 heteroatoms. The second-order valence-corrected chi connectivity index (χ2v) is 7.21. The van der Waals surface area contributed by atoms with Crippen LogP contribution in [0, 0.1) is 19.8 Å². The predicted octanol–water partition coefficient (Wildman–Crippen LogP) is 3.69. The van der Waals surface area contributed by atoms with Crippen molar-refractivity contribution in [1.29, 1.82) is 0 Å². The van der Waals surface area contributed by atoms with Crippen LogP contribution in [0.5, 0.6) is 0 Å². The lowest BCUT2D eigenvalue weighted by atomic mass is 10.1. The lowest BCUT2D eigenvalue weighted by Gasteiger charge is -2.18. The van der Waals surface area contributed by atoms with Gasteiger partial charge in [-0.05, 0) is 55.3 Å². The first-order valence-electron chi connectivity index (χ1n) is 9.29. The number of aromatic nitrogens is 2. The molecule has 6 nitrogen and oxygen atoms in total. The summed E-state index contributed by atoms with van der Waals surface area (Å²) in [6, 6.07) is 15.4. The fourth-order valence-corrected chi connectivity index (χ4v) is 3.45. The second-order valence-electron chi connectivity index (χ2n) is 7.21. The Balaban J connectivity index is 1.47. The molecule has 142 valence electrons. The van der Waals surface area contributed by atoms with Crippen LogP contribution in [-0.4, -0.2) is 28.6 Å². The third-order valence-corrected chi connectivity index (χ3v) is 5.24. The zero-order valence-corrected chi connectivity index (χ0v) is 15.9. The highest BCUT2D eigenvalue weighted by Gasteiger charge is 2.35. The molecule has 0 radical (unpaired) electrons. The van der Waals surface area contributed by atoms with E-state index in [1.165, 1.54) is 5.56 Å². The van der Waals surface area contributed by atoms with E-state index in [1.807, 2.05) is 62.4 Å². The Morgan fingerprint density at radius 2 is 2.00 bits per heavy atom. The maximum absolute atomic E-state index is 12.7. The highest BCUT2D eigenvalue weighted by atomic mass is 16.2. The minimum absolute atomic E-state index is 0.0189. The average molecular weight is 374 g/mol. The van der Waals surface area contributed by atoms with E-state index in [-0.39, 0.29) is 24.2 Å². The maximum Gasteiger partial charge on any atom is 0.229 e. The molecule has 2 aromatic carbocycles. The molecule has 2 N–H and O–H groups in total. The first-order valence-corrected chi connectivity index (χ1v) is 9.29. The molecule has 4 rings (SSSR count). The molecule has 28 heavy (non-hydrogen) atoms. The first kappa shape index (κ1) is 18.0. The van der Waals surface area contributed by atoms with Gasteiger partial charge in [0.25, 0.3) is 0 Å². The number of hydrogen-bond acceptors (Lipinski definition) is 3. The minimum Gasteiger partial charge on any atom is -0.326 e. The Labute approximate surface area is 163 Å². The molecule has 0 aliphatic carbocycles. The van der Waals surface area contributed by atoms with E-state index in [4.69, 9.17) is 0 Å². The number of nitrogens with zero attached hydrogens (tertiary/aromatic N) is 2. The molecule has 0 bridgehead atoms. The van der Waals surface area contributed by atoms with Crippen LogP contribution in [0.1, 0.15) is 17.5 Å². The van der Waals surface area contributed by atoms with E-state index in [0.29, 0.717) is 12.2 Å². The third-order valence-electron chi connectivity index (χ3n) is 5.24. The SMILES string of the molecule is Cc1ccc(N2CC(C(=O)Nc3cccc(-c4ccn[nH]4)c3)CC2=O)cc1C. The fourth-order valence-electron chi connectivity index (χ4n) is 3.45. The third kappa shape index (κ3) is 3.53. The number of H-pyrrole nitrogens is 1. The summed E-state index contributed by atoms with van der Waals surface area (Å²) >= 11 is 0. The number of hydrogen-bond donors (Lipinski definition) is 2. The van der Waals surface area contributed by atoms with E-state index in [2.05, 4.69) is 15.5 Å². The monoisotopic (exact) mass is 374 g/mol. The zero-order valence-electron chi connectivity index (χ0n) is 15.9. The number of nitrogens with one attached hydrogen (secondary N) is 2. The molecule has 0 spiro atoms. The molecule has 1 aromatic heterocycles. The number of benzene rings is 2. The van der Waals surface area contributed by atoms with E-state index < -0.39 is 0 Å². The van der Waals surface area contributed by atoms with Gasteiger partial charge in [0.15, 0.2) is 0 Å². The normalized spacial score (nSPS) is 16.4. The van der Waals surface area contributed by atoms with Crippen molar-refractivity contribution in [3.63, 3.8) is 0 Å². The molecule has 1 unspecified atom stereocenters. The van der Waals surface area contributed by atoms with Gasteiger partial charge in [0.2, 0.25) is 11.8 Å². The minimum atomic E-state index is -0.370. The summed E-state index contributed by atoms with van der Waals surface area (Å²) in [5.74, 6) is -0.527. The van der Waals surface area contributed by atoms with Crippen LogP contribution in [0.15, 0.2) is 54.7 Å². The van der Waals surface area contributed by atoms with E-state index in [9.17, 15) is 9.59 Å². The van der Waals surface area contributed by atoms with Gasteiger partial charge >= 0.3 is 0 Å². The second kappa shape index (κ2) is 7.31. The highest BCUT2D eigenvalue weighted by Crippen LogP contribution is 2.28. The smallest absolute Gasteiger partial charge is 0.229 e. The molecule has 1 saturated heterocycles. The Morgan fingerprint density at radius 3 is 2.75 bits per heavy atom. The van der Waals surface area contributed by atoms with Gasteiger partial charge in [-0.3, -0.25) is 14.7 Å². The number of aryl methyl sites for hydroxylation is 2. The van der Waals surface area contributed by atoms with Crippen molar-refractivity contribution >= 4 is 23.2 Å². The summed E-state index contributed by atoms with van der Waals surface area (Å²) in [4.78, 5) is 26.9. The maximum atomic E-state index is 12.7. The summed E-state index contributed by atoms with van der Waals surface area (Å²) in [7, 11) is 0. The average Bonchev–Trinajstić information content (AvgIpc) is 3.34. The quantitative estimate of drug-likeness (QED) is 0.731. The van der Waals surface area contributed by atoms with Crippen molar-refractivity contribution in [3.05, 3.63) is 65.9 Å². The molecule has 3 aromatic rings. The van der Waals surface area contributed by atoms with Crippen LogP contribution in [0.3, 0.4) is 0 Å². The largest absolute Gasteiger partial charge is 0.326 e. The lowest BCUT2D eigenvalue weighted by Crippen LogP contribution is -2.28. The lowest BCUT2D eigenvalue weighted by molar-refractivity contribution is -0.122.